The van der Waals surface area contributed by atoms with Gasteiger partial charge in [-0.2, -0.15) is 0 Å². The maximum Gasteiger partial charge on any atom is 0.267 e. The Labute approximate surface area is 102 Å². The number of nitrogens with one attached hydrogen (secondary N) is 2. The molecule has 0 radical (unpaired) electrons. The number of ketones is 1. The average molecular weight is 236 g/mol. The maximum atomic E-state index is 11.7. The number of aromatic amines is 1. The van der Waals surface area contributed by atoms with Crippen molar-refractivity contribution in [2.75, 3.05) is 6.54 Å². The fraction of sp³-hybridized carbons (Fsp3) is 0.538. The van der Waals surface area contributed by atoms with Gasteiger partial charge in [0.2, 0.25) is 0 Å². The minimum atomic E-state index is -0.144. The van der Waals surface area contributed by atoms with Crippen LogP contribution in [0.25, 0.3) is 0 Å². The highest BCUT2D eigenvalue weighted by Gasteiger charge is 2.09. The molecule has 1 aromatic rings. The fourth-order valence-electron chi connectivity index (χ4n) is 1.58. The molecule has 4 heteroatoms. The molecule has 2 N–H and O–H groups in total. The quantitative estimate of drug-likeness (QED) is 0.564. The summed E-state index contributed by atoms with van der Waals surface area (Å²) in [5.74, 6) is -0.183. The third kappa shape index (κ3) is 4.43. The van der Waals surface area contributed by atoms with Gasteiger partial charge in [-0.25, -0.2) is 0 Å². The van der Waals surface area contributed by atoms with E-state index in [1.807, 2.05) is 0 Å². The van der Waals surface area contributed by atoms with E-state index >= 15 is 0 Å². The van der Waals surface area contributed by atoms with Crippen molar-refractivity contribution in [1.82, 2.24) is 10.3 Å². The third-order valence-corrected chi connectivity index (χ3v) is 2.65. The van der Waals surface area contributed by atoms with Crippen LogP contribution in [0.2, 0.25) is 0 Å². The van der Waals surface area contributed by atoms with Gasteiger partial charge in [-0.15, -0.1) is 0 Å². The average Bonchev–Trinajstić information content (AvgIpc) is 2.78. The van der Waals surface area contributed by atoms with Crippen LogP contribution in [0.4, 0.5) is 0 Å². The van der Waals surface area contributed by atoms with Gasteiger partial charge in [0.1, 0.15) is 5.69 Å². The highest BCUT2D eigenvalue weighted by atomic mass is 16.2. The number of amides is 1. The Kier molecular flexibility index (Phi) is 5.46. The first kappa shape index (κ1) is 13.5. The number of Topliss-reactive ketones (excluding diaryl/α,β-unsaturated/α-hetero) is 1. The van der Waals surface area contributed by atoms with Gasteiger partial charge >= 0.3 is 0 Å². The van der Waals surface area contributed by atoms with Crippen LogP contribution in [-0.4, -0.2) is 23.2 Å². The van der Waals surface area contributed by atoms with Crippen molar-refractivity contribution in [3.05, 3.63) is 23.5 Å². The van der Waals surface area contributed by atoms with Crippen LogP contribution in [-0.2, 0) is 0 Å². The molecule has 0 saturated carbocycles. The lowest BCUT2D eigenvalue weighted by Gasteiger charge is -2.02. The lowest BCUT2D eigenvalue weighted by Crippen LogP contribution is -2.24. The summed E-state index contributed by atoms with van der Waals surface area (Å²) in [6.07, 6.45) is 6.09. The predicted molar refractivity (Wildman–Crippen MR) is 67.3 cm³/mol. The Hall–Kier alpha value is -1.58. The van der Waals surface area contributed by atoms with Crippen molar-refractivity contribution < 1.29 is 9.59 Å². The molecule has 0 spiro atoms. The second kappa shape index (κ2) is 6.89. The highest BCUT2D eigenvalue weighted by Crippen LogP contribution is 2.04. The molecule has 0 fully saturated rings. The van der Waals surface area contributed by atoms with Gasteiger partial charge in [0.05, 0.1) is 0 Å². The lowest BCUT2D eigenvalue weighted by atomic mass is 10.2. The molecule has 0 aliphatic rings. The number of H-pyrrole nitrogens is 1. The topological polar surface area (TPSA) is 62.0 Å². The molecule has 1 heterocycles. The van der Waals surface area contributed by atoms with Crippen molar-refractivity contribution in [2.45, 2.75) is 39.5 Å². The summed E-state index contributed by atoms with van der Waals surface area (Å²) < 4.78 is 0. The molecular weight excluding hydrogens is 216 g/mol. The number of aromatic nitrogens is 1. The van der Waals surface area contributed by atoms with Crippen LogP contribution >= 0.6 is 0 Å². The van der Waals surface area contributed by atoms with Crippen molar-refractivity contribution in [2.24, 2.45) is 0 Å². The van der Waals surface area contributed by atoms with Gasteiger partial charge in [-0.1, -0.05) is 26.2 Å². The molecule has 1 aromatic heterocycles. The van der Waals surface area contributed by atoms with Crippen molar-refractivity contribution in [1.29, 1.82) is 0 Å². The molecule has 1 amide bonds. The second-order valence-corrected chi connectivity index (χ2v) is 4.17. The Morgan fingerprint density at radius 2 is 2.06 bits per heavy atom. The SMILES string of the molecule is CCCCCCNC(=O)c1cc(C(C)=O)c[nH]1. The molecule has 17 heavy (non-hydrogen) atoms. The van der Waals surface area contributed by atoms with Gasteiger partial charge in [0.15, 0.2) is 5.78 Å². The third-order valence-electron chi connectivity index (χ3n) is 2.65. The van der Waals surface area contributed by atoms with Crippen molar-refractivity contribution >= 4 is 11.7 Å². The standard InChI is InChI=1S/C13H20N2O2/c1-3-4-5-6-7-14-13(17)12-8-11(9-15-12)10(2)16/h8-9,15H,3-7H2,1-2H3,(H,14,17). The van der Waals surface area contributed by atoms with E-state index in [0.717, 1.165) is 12.8 Å². The Bertz CT molecular complexity index is 383. The number of rotatable bonds is 7. The van der Waals surface area contributed by atoms with E-state index < -0.39 is 0 Å². The molecule has 4 nitrogen and oxygen atoms in total. The Morgan fingerprint density at radius 3 is 2.65 bits per heavy atom. The van der Waals surface area contributed by atoms with Crippen LogP contribution in [0, 0.1) is 0 Å². The van der Waals surface area contributed by atoms with E-state index in [1.54, 1.807) is 12.3 Å². The van der Waals surface area contributed by atoms with Crippen molar-refractivity contribution in [3.63, 3.8) is 0 Å². The van der Waals surface area contributed by atoms with Gasteiger partial charge < -0.3 is 10.3 Å². The van der Waals surface area contributed by atoms with E-state index in [1.165, 1.54) is 19.8 Å². The summed E-state index contributed by atoms with van der Waals surface area (Å²) in [4.78, 5) is 25.5. The monoisotopic (exact) mass is 236 g/mol. The summed E-state index contributed by atoms with van der Waals surface area (Å²) in [5, 5.41) is 2.83. The lowest BCUT2D eigenvalue weighted by molar-refractivity contribution is 0.0948. The molecule has 0 bridgehead atoms. The first-order valence-electron chi connectivity index (χ1n) is 6.12. The van der Waals surface area contributed by atoms with Gasteiger partial charge in [0.25, 0.3) is 5.91 Å². The first-order chi connectivity index (χ1) is 8.15. The minimum absolute atomic E-state index is 0.0387. The van der Waals surface area contributed by atoms with E-state index in [2.05, 4.69) is 17.2 Å². The van der Waals surface area contributed by atoms with Crippen LogP contribution < -0.4 is 5.32 Å². The summed E-state index contributed by atoms with van der Waals surface area (Å²) in [7, 11) is 0. The molecule has 0 atom stereocenters. The molecule has 0 unspecified atom stereocenters. The van der Waals surface area contributed by atoms with Gasteiger partial charge in [-0.05, 0) is 19.4 Å². The number of unbranched alkanes of at least 4 members (excludes halogenated alkanes) is 3. The minimum Gasteiger partial charge on any atom is -0.356 e. The summed E-state index contributed by atoms with van der Waals surface area (Å²) >= 11 is 0. The second-order valence-electron chi connectivity index (χ2n) is 4.17. The molecule has 94 valence electrons. The summed E-state index contributed by atoms with van der Waals surface area (Å²) in [5.41, 5.74) is 0.992. The normalized spacial score (nSPS) is 10.2. The van der Waals surface area contributed by atoms with E-state index in [9.17, 15) is 9.59 Å². The molecule has 0 aromatic carbocycles. The molecule has 0 aliphatic heterocycles. The van der Waals surface area contributed by atoms with Crippen molar-refractivity contribution in [3.8, 4) is 0 Å². The molecular formula is C13H20N2O2. The zero-order chi connectivity index (χ0) is 12.7. The Morgan fingerprint density at radius 1 is 1.29 bits per heavy atom. The molecule has 0 saturated heterocycles. The van der Waals surface area contributed by atoms with E-state index in [0.29, 0.717) is 17.8 Å². The number of hydrogen-bond donors (Lipinski definition) is 2. The fourth-order valence-corrected chi connectivity index (χ4v) is 1.58. The zero-order valence-electron chi connectivity index (χ0n) is 10.5. The first-order valence-corrected chi connectivity index (χ1v) is 6.12. The van der Waals surface area contributed by atoms with E-state index in [-0.39, 0.29) is 11.7 Å². The molecule has 0 aliphatic carbocycles. The number of carbonyl (C=O) groups is 2. The molecule has 1 rings (SSSR count). The highest BCUT2D eigenvalue weighted by molar-refractivity contribution is 5.98. The number of carbonyl (C=O) groups excluding carboxylic acids is 2. The van der Waals surface area contributed by atoms with E-state index in [4.69, 9.17) is 0 Å². The zero-order valence-corrected chi connectivity index (χ0v) is 10.5. The predicted octanol–water partition coefficient (Wildman–Crippen LogP) is 2.53. The number of hydrogen-bond acceptors (Lipinski definition) is 2. The van der Waals surface area contributed by atoms with Crippen LogP contribution in [0.5, 0.6) is 0 Å². The maximum absolute atomic E-state index is 11.7. The van der Waals surface area contributed by atoms with Crippen LogP contribution in [0.3, 0.4) is 0 Å². The van der Waals surface area contributed by atoms with Gasteiger partial charge in [-0.3, -0.25) is 9.59 Å². The smallest absolute Gasteiger partial charge is 0.267 e. The largest absolute Gasteiger partial charge is 0.356 e. The van der Waals surface area contributed by atoms with Crippen LogP contribution in [0.1, 0.15) is 60.4 Å². The Balaban J connectivity index is 2.34. The van der Waals surface area contributed by atoms with Crippen LogP contribution in [0.15, 0.2) is 12.3 Å². The van der Waals surface area contributed by atoms with Gasteiger partial charge in [0, 0.05) is 18.3 Å². The summed E-state index contributed by atoms with van der Waals surface area (Å²) in [6, 6.07) is 1.59. The summed E-state index contributed by atoms with van der Waals surface area (Å²) in [6.45, 7) is 4.32.